The van der Waals surface area contributed by atoms with E-state index in [0.29, 0.717) is 17.2 Å². The normalized spacial score (nSPS) is 12.2. The summed E-state index contributed by atoms with van der Waals surface area (Å²) in [6.07, 6.45) is 0.875. The summed E-state index contributed by atoms with van der Waals surface area (Å²) in [6, 6.07) is 10.8. The number of hydrogen-bond acceptors (Lipinski definition) is 9. The van der Waals surface area contributed by atoms with Crippen LogP contribution in [0.3, 0.4) is 0 Å². The fourth-order valence-electron chi connectivity index (χ4n) is 3.25. The van der Waals surface area contributed by atoms with Crippen molar-refractivity contribution in [3.63, 3.8) is 0 Å². The summed E-state index contributed by atoms with van der Waals surface area (Å²) in [5, 5.41) is 6.72. The smallest absolute Gasteiger partial charge is 0.497 e. The van der Waals surface area contributed by atoms with Crippen molar-refractivity contribution >= 4 is 23.7 Å². The van der Waals surface area contributed by atoms with Gasteiger partial charge in [-0.3, -0.25) is 4.99 Å². The van der Waals surface area contributed by atoms with E-state index in [-0.39, 0.29) is 11.8 Å². The lowest BCUT2D eigenvalue weighted by Crippen LogP contribution is -2.26. The molecule has 0 fully saturated rings. The number of rotatable bonds is 8. The van der Waals surface area contributed by atoms with Gasteiger partial charge in [0, 0.05) is 17.0 Å². The topological polar surface area (TPSA) is 92.9 Å². The number of hydrogen-bond donors (Lipinski definition) is 0. The Morgan fingerprint density at radius 3 is 2.30 bits per heavy atom. The maximum absolute atomic E-state index is 12.1. The highest BCUT2D eigenvalue weighted by molar-refractivity contribution is 7.07. The lowest BCUT2D eigenvalue weighted by atomic mass is 10.1. The van der Waals surface area contributed by atoms with Gasteiger partial charge in [0.15, 0.2) is 11.5 Å². The van der Waals surface area contributed by atoms with E-state index in [4.69, 9.17) is 33.8 Å². The van der Waals surface area contributed by atoms with Crippen molar-refractivity contribution in [1.29, 1.82) is 0 Å². The molecule has 1 heterocycles. The Hall–Kier alpha value is -3.79. The molecule has 0 saturated heterocycles. The zero-order valence-electron chi connectivity index (χ0n) is 22.4. The van der Waals surface area contributed by atoms with Gasteiger partial charge in [0.2, 0.25) is 4.80 Å². The molecule has 0 bridgehead atoms. The molecule has 0 aliphatic carbocycles. The number of methoxy groups -OCH3 is 3. The number of ether oxygens (including phenoxy) is 5. The van der Waals surface area contributed by atoms with E-state index < -0.39 is 11.8 Å². The van der Waals surface area contributed by atoms with Crippen LogP contribution in [0.15, 0.2) is 51.9 Å². The zero-order chi connectivity index (χ0) is 27.2. The Bertz CT molecular complexity index is 1330. The van der Waals surface area contributed by atoms with Crippen LogP contribution in [0.1, 0.15) is 40.2 Å². The van der Waals surface area contributed by atoms with E-state index in [0.717, 1.165) is 21.6 Å². The van der Waals surface area contributed by atoms with E-state index in [1.165, 1.54) is 18.4 Å². The first kappa shape index (κ1) is 27.8. The van der Waals surface area contributed by atoms with E-state index >= 15 is 0 Å². The number of benzene rings is 2. The maximum Gasteiger partial charge on any atom is 0.514 e. The van der Waals surface area contributed by atoms with Crippen LogP contribution in [0.25, 0.3) is 11.3 Å². The molecule has 0 unspecified atom stereocenters. The summed E-state index contributed by atoms with van der Waals surface area (Å²) < 4.78 is 28.8. The molecule has 0 aliphatic heterocycles. The van der Waals surface area contributed by atoms with Crippen molar-refractivity contribution in [3.8, 4) is 34.3 Å². The lowest BCUT2D eigenvalue weighted by molar-refractivity contribution is 0.0201. The summed E-state index contributed by atoms with van der Waals surface area (Å²) in [6.45, 7) is 9.31. The Morgan fingerprint density at radius 1 is 0.973 bits per heavy atom. The van der Waals surface area contributed by atoms with Crippen LogP contribution >= 0.6 is 11.3 Å². The van der Waals surface area contributed by atoms with Crippen LogP contribution in [0.4, 0.5) is 4.79 Å². The molecule has 0 spiro atoms. The van der Waals surface area contributed by atoms with Gasteiger partial charge >= 0.3 is 6.16 Å². The second-order valence-electron chi connectivity index (χ2n) is 9.23. The Balaban J connectivity index is 2.01. The van der Waals surface area contributed by atoms with Gasteiger partial charge in [-0.1, -0.05) is 0 Å². The second-order valence-corrected chi connectivity index (χ2v) is 10.1. The molecule has 0 aliphatic rings. The third-order valence-electron chi connectivity index (χ3n) is 4.83. The minimum Gasteiger partial charge on any atom is -0.497 e. The monoisotopic (exact) mass is 527 g/mol. The van der Waals surface area contributed by atoms with Crippen LogP contribution in [0, 0.1) is 0 Å². The molecule has 0 saturated carbocycles. The molecule has 0 atom stereocenters. The van der Waals surface area contributed by atoms with Crippen LogP contribution in [0.5, 0.6) is 23.0 Å². The first-order chi connectivity index (χ1) is 17.5. The van der Waals surface area contributed by atoms with Crippen LogP contribution in [-0.2, 0) is 4.74 Å². The van der Waals surface area contributed by atoms with E-state index in [9.17, 15) is 4.79 Å². The predicted octanol–water partition coefficient (Wildman–Crippen LogP) is 5.75. The van der Waals surface area contributed by atoms with E-state index in [2.05, 4.69) is 0 Å². The average molecular weight is 528 g/mol. The SMILES string of the molecule is COc1ccc(OC)c(-c2csc(=NC(C)C)n2N=Cc2ccc(OC(=O)OC(C)(C)C)c(OC)c2)c1. The minimum absolute atomic E-state index is 0.0736. The first-order valence-electron chi connectivity index (χ1n) is 11.6. The maximum atomic E-state index is 12.1. The fraction of sp³-hybridized carbons (Fsp3) is 0.370. The third-order valence-corrected chi connectivity index (χ3v) is 5.66. The van der Waals surface area contributed by atoms with Gasteiger partial charge in [-0.15, -0.1) is 11.3 Å². The second kappa shape index (κ2) is 12.0. The molecule has 0 radical (unpaired) electrons. The van der Waals surface area contributed by atoms with Crippen molar-refractivity contribution in [2.45, 2.75) is 46.3 Å². The highest BCUT2D eigenvalue weighted by atomic mass is 32.1. The molecule has 3 aromatic rings. The summed E-state index contributed by atoms with van der Waals surface area (Å²) in [5.74, 6) is 2.00. The van der Waals surface area contributed by atoms with Gasteiger partial charge in [-0.25, -0.2) is 9.47 Å². The number of aromatic nitrogens is 1. The molecule has 2 aromatic carbocycles. The first-order valence-corrected chi connectivity index (χ1v) is 12.5. The molecule has 9 nitrogen and oxygen atoms in total. The molecule has 10 heteroatoms. The Kier molecular flexibility index (Phi) is 8.99. The average Bonchev–Trinajstić information content (AvgIpc) is 3.23. The number of carbonyl (C=O) groups is 1. The largest absolute Gasteiger partial charge is 0.514 e. The summed E-state index contributed by atoms with van der Waals surface area (Å²) in [4.78, 5) is 17.6. The standard InChI is InChI=1S/C27H33N3O6S/c1-17(2)29-25-30(21(16-37-25)20-14-19(32-6)10-12-22(20)33-7)28-15-18-9-11-23(24(13-18)34-8)35-26(31)36-27(3,4)5/h9-17H,1-8H3. The Labute approximate surface area is 220 Å². The molecule has 3 rings (SSSR count). The predicted molar refractivity (Wildman–Crippen MR) is 144 cm³/mol. The summed E-state index contributed by atoms with van der Waals surface area (Å²) in [7, 11) is 4.74. The summed E-state index contributed by atoms with van der Waals surface area (Å²) >= 11 is 1.48. The van der Waals surface area contributed by atoms with Gasteiger partial charge in [0.1, 0.15) is 17.1 Å². The Morgan fingerprint density at radius 2 is 1.68 bits per heavy atom. The van der Waals surface area contributed by atoms with Crippen LogP contribution in [0.2, 0.25) is 0 Å². The van der Waals surface area contributed by atoms with Gasteiger partial charge in [0.05, 0.1) is 33.2 Å². The van der Waals surface area contributed by atoms with E-state index in [1.807, 2.05) is 37.4 Å². The summed E-state index contributed by atoms with van der Waals surface area (Å²) in [5.41, 5.74) is 1.68. The third kappa shape index (κ3) is 7.36. The lowest BCUT2D eigenvalue weighted by Gasteiger charge is -2.19. The highest BCUT2D eigenvalue weighted by Crippen LogP contribution is 2.34. The van der Waals surface area contributed by atoms with Gasteiger partial charge < -0.3 is 23.7 Å². The minimum atomic E-state index is -0.808. The van der Waals surface area contributed by atoms with Gasteiger partial charge in [0.25, 0.3) is 0 Å². The molecular weight excluding hydrogens is 494 g/mol. The zero-order valence-corrected chi connectivity index (χ0v) is 23.2. The molecule has 0 N–H and O–H groups in total. The van der Waals surface area contributed by atoms with Crippen molar-refractivity contribution in [3.05, 3.63) is 52.1 Å². The molecular formula is C27H33N3O6S. The number of nitrogens with zero attached hydrogens (tertiary/aromatic N) is 3. The number of carbonyl (C=O) groups excluding carboxylic acids is 1. The quantitative estimate of drug-likeness (QED) is 0.210. The molecule has 1 aromatic heterocycles. The van der Waals surface area contributed by atoms with Crippen LogP contribution < -0.4 is 23.7 Å². The van der Waals surface area contributed by atoms with Gasteiger partial charge in [-0.2, -0.15) is 5.10 Å². The van der Waals surface area contributed by atoms with Crippen molar-refractivity contribution in [2.75, 3.05) is 21.3 Å². The fourth-order valence-corrected chi connectivity index (χ4v) is 4.22. The van der Waals surface area contributed by atoms with Crippen molar-refractivity contribution in [2.24, 2.45) is 10.1 Å². The molecule has 37 heavy (non-hydrogen) atoms. The van der Waals surface area contributed by atoms with E-state index in [1.54, 1.807) is 64.1 Å². The molecule has 0 amide bonds. The van der Waals surface area contributed by atoms with Crippen molar-refractivity contribution in [1.82, 2.24) is 4.68 Å². The number of thiazole rings is 1. The molecule has 198 valence electrons. The highest BCUT2D eigenvalue weighted by Gasteiger charge is 2.20. The van der Waals surface area contributed by atoms with Crippen LogP contribution in [-0.4, -0.2) is 50.0 Å². The van der Waals surface area contributed by atoms with Crippen molar-refractivity contribution < 1.29 is 28.5 Å². The van der Waals surface area contributed by atoms with Gasteiger partial charge in [-0.05, 0) is 76.6 Å².